The standard InChI is InChI=1S/C18H23N3O2/c1-12(10-19)20-18(22)17-15(7-8-23-17)11-21-13(2)9-14-5-3-4-6-16(14)21/h3-8,12-13H,9-11,19H2,1-2H3,(H,20,22)/t12-,13?/m0/s1. The molecule has 0 aliphatic carbocycles. The third-order valence-electron chi connectivity index (χ3n) is 4.37. The van der Waals surface area contributed by atoms with Crippen molar-refractivity contribution in [2.75, 3.05) is 11.4 Å². The zero-order valence-electron chi connectivity index (χ0n) is 13.6. The predicted molar refractivity (Wildman–Crippen MR) is 90.5 cm³/mol. The second-order valence-electron chi connectivity index (χ2n) is 6.19. The third kappa shape index (κ3) is 3.10. The van der Waals surface area contributed by atoms with Crippen molar-refractivity contribution in [2.45, 2.75) is 38.9 Å². The van der Waals surface area contributed by atoms with Crippen LogP contribution in [0.15, 0.2) is 41.0 Å². The first kappa shape index (κ1) is 15.6. The van der Waals surface area contributed by atoms with Crippen LogP contribution < -0.4 is 16.0 Å². The summed E-state index contributed by atoms with van der Waals surface area (Å²) in [5.41, 5.74) is 9.05. The van der Waals surface area contributed by atoms with Crippen molar-refractivity contribution >= 4 is 11.6 Å². The number of carbonyl (C=O) groups is 1. The molecule has 2 atom stereocenters. The van der Waals surface area contributed by atoms with Gasteiger partial charge in [-0.05, 0) is 38.0 Å². The molecule has 0 radical (unpaired) electrons. The van der Waals surface area contributed by atoms with Gasteiger partial charge in [0.05, 0.1) is 6.26 Å². The molecule has 0 saturated carbocycles. The Morgan fingerprint density at radius 3 is 3.00 bits per heavy atom. The normalized spacial score (nSPS) is 17.9. The minimum absolute atomic E-state index is 0.0770. The van der Waals surface area contributed by atoms with E-state index >= 15 is 0 Å². The largest absolute Gasteiger partial charge is 0.459 e. The van der Waals surface area contributed by atoms with Gasteiger partial charge < -0.3 is 20.4 Å². The Hall–Kier alpha value is -2.27. The molecule has 1 aromatic carbocycles. The summed E-state index contributed by atoms with van der Waals surface area (Å²) >= 11 is 0. The fourth-order valence-electron chi connectivity index (χ4n) is 3.06. The molecule has 1 amide bonds. The van der Waals surface area contributed by atoms with Crippen molar-refractivity contribution in [1.29, 1.82) is 0 Å². The van der Waals surface area contributed by atoms with Crippen molar-refractivity contribution in [3.8, 4) is 0 Å². The summed E-state index contributed by atoms with van der Waals surface area (Å²) in [5, 5.41) is 2.85. The first-order valence-electron chi connectivity index (χ1n) is 8.02. The number of para-hydroxylation sites is 1. The van der Waals surface area contributed by atoms with Crippen molar-refractivity contribution < 1.29 is 9.21 Å². The lowest BCUT2D eigenvalue weighted by Crippen LogP contribution is -2.38. The van der Waals surface area contributed by atoms with E-state index < -0.39 is 0 Å². The van der Waals surface area contributed by atoms with Gasteiger partial charge in [-0.25, -0.2) is 0 Å². The van der Waals surface area contributed by atoms with Crippen LogP contribution in [-0.2, 0) is 13.0 Å². The number of nitrogens with one attached hydrogen (secondary N) is 1. The highest BCUT2D eigenvalue weighted by Crippen LogP contribution is 2.33. The molecular weight excluding hydrogens is 290 g/mol. The zero-order valence-corrected chi connectivity index (χ0v) is 13.6. The van der Waals surface area contributed by atoms with Gasteiger partial charge >= 0.3 is 0 Å². The molecule has 1 aliphatic rings. The zero-order chi connectivity index (χ0) is 16.4. The summed E-state index contributed by atoms with van der Waals surface area (Å²) in [6, 6.07) is 10.6. The van der Waals surface area contributed by atoms with E-state index in [1.807, 2.05) is 13.0 Å². The fourth-order valence-corrected chi connectivity index (χ4v) is 3.06. The number of anilines is 1. The molecule has 23 heavy (non-hydrogen) atoms. The molecule has 0 fully saturated rings. The maximum absolute atomic E-state index is 12.3. The number of nitrogens with zero attached hydrogens (tertiary/aromatic N) is 1. The summed E-state index contributed by atoms with van der Waals surface area (Å²) in [6.07, 6.45) is 2.60. The number of rotatable bonds is 5. The molecule has 2 heterocycles. The Labute approximate surface area is 136 Å². The van der Waals surface area contributed by atoms with Gasteiger partial charge in [0.2, 0.25) is 0 Å². The molecule has 0 bridgehead atoms. The molecule has 3 N–H and O–H groups in total. The van der Waals surface area contributed by atoms with Crippen LogP contribution in [0.2, 0.25) is 0 Å². The molecular formula is C18H23N3O2. The summed E-state index contributed by atoms with van der Waals surface area (Å²) < 4.78 is 5.43. The highest BCUT2D eigenvalue weighted by Gasteiger charge is 2.27. The number of hydrogen-bond donors (Lipinski definition) is 2. The molecule has 5 heteroatoms. The van der Waals surface area contributed by atoms with Crippen LogP contribution >= 0.6 is 0 Å². The highest BCUT2D eigenvalue weighted by atomic mass is 16.3. The molecule has 1 unspecified atom stereocenters. The topological polar surface area (TPSA) is 71.5 Å². The Morgan fingerprint density at radius 2 is 2.22 bits per heavy atom. The predicted octanol–water partition coefficient (Wildman–Crippen LogP) is 2.31. The number of benzene rings is 1. The van der Waals surface area contributed by atoms with E-state index in [1.54, 1.807) is 6.26 Å². The molecule has 0 saturated heterocycles. The van der Waals surface area contributed by atoms with Crippen LogP contribution in [0, 0.1) is 0 Å². The van der Waals surface area contributed by atoms with E-state index in [9.17, 15) is 4.79 Å². The number of carbonyl (C=O) groups excluding carboxylic acids is 1. The van der Waals surface area contributed by atoms with Crippen LogP contribution in [0.25, 0.3) is 0 Å². The van der Waals surface area contributed by atoms with Crippen LogP contribution in [0.4, 0.5) is 5.69 Å². The van der Waals surface area contributed by atoms with Crippen molar-refractivity contribution in [2.24, 2.45) is 5.73 Å². The van der Waals surface area contributed by atoms with Gasteiger partial charge in [0.15, 0.2) is 5.76 Å². The molecule has 3 rings (SSSR count). The minimum Gasteiger partial charge on any atom is -0.459 e. The average Bonchev–Trinajstić information content (AvgIpc) is 3.13. The van der Waals surface area contributed by atoms with E-state index in [4.69, 9.17) is 10.2 Å². The quantitative estimate of drug-likeness (QED) is 0.888. The van der Waals surface area contributed by atoms with E-state index in [1.165, 1.54) is 11.3 Å². The second-order valence-corrected chi connectivity index (χ2v) is 6.19. The monoisotopic (exact) mass is 313 g/mol. The van der Waals surface area contributed by atoms with Gasteiger partial charge in [0, 0.05) is 36.4 Å². The first-order valence-corrected chi connectivity index (χ1v) is 8.02. The molecule has 1 aliphatic heterocycles. The van der Waals surface area contributed by atoms with E-state index in [0.29, 0.717) is 24.9 Å². The lowest BCUT2D eigenvalue weighted by Gasteiger charge is -2.24. The lowest BCUT2D eigenvalue weighted by molar-refractivity contribution is 0.0912. The maximum Gasteiger partial charge on any atom is 0.287 e. The first-order chi connectivity index (χ1) is 11.1. The van der Waals surface area contributed by atoms with Gasteiger partial charge in [-0.15, -0.1) is 0 Å². The molecule has 122 valence electrons. The van der Waals surface area contributed by atoms with Gasteiger partial charge in [-0.3, -0.25) is 4.79 Å². The van der Waals surface area contributed by atoms with Gasteiger partial charge in [0.25, 0.3) is 5.91 Å². The van der Waals surface area contributed by atoms with E-state index in [2.05, 4.69) is 41.4 Å². The van der Waals surface area contributed by atoms with E-state index in [-0.39, 0.29) is 11.9 Å². The molecule has 2 aromatic rings. The fraction of sp³-hybridized carbons (Fsp3) is 0.389. The number of fused-ring (bicyclic) bond motifs is 1. The smallest absolute Gasteiger partial charge is 0.287 e. The summed E-state index contributed by atoms with van der Waals surface area (Å²) in [5.74, 6) is 0.171. The SMILES string of the molecule is CC1Cc2ccccc2N1Cc1ccoc1C(=O)N[C@@H](C)CN. The van der Waals surface area contributed by atoms with Crippen LogP contribution in [-0.4, -0.2) is 24.5 Å². The summed E-state index contributed by atoms with van der Waals surface area (Å²) in [4.78, 5) is 14.6. The minimum atomic E-state index is -0.205. The lowest BCUT2D eigenvalue weighted by atomic mass is 10.1. The number of amides is 1. The van der Waals surface area contributed by atoms with Crippen LogP contribution in [0.1, 0.15) is 35.5 Å². The van der Waals surface area contributed by atoms with E-state index in [0.717, 1.165) is 12.0 Å². The number of furan rings is 1. The molecule has 5 nitrogen and oxygen atoms in total. The van der Waals surface area contributed by atoms with Gasteiger partial charge in [-0.1, -0.05) is 18.2 Å². The summed E-state index contributed by atoms with van der Waals surface area (Å²) in [7, 11) is 0. The highest BCUT2D eigenvalue weighted by molar-refractivity contribution is 5.93. The average molecular weight is 313 g/mol. The van der Waals surface area contributed by atoms with Crippen molar-refractivity contribution in [3.05, 3.63) is 53.5 Å². The molecule has 0 spiro atoms. The Balaban J connectivity index is 1.80. The Kier molecular flexibility index (Phi) is 4.39. The number of nitrogens with two attached hydrogens (primary N) is 1. The summed E-state index contributed by atoms with van der Waals surface area (Å²) in [6.45, 7) is 5.14. The molecule has 1 aromatic heterocycles. The Bertz CT molecular complexity index is 695. The van der Waals surface area contributed by atoms with Gasteiger partial charge in [0.1, 0.15) is 0 Å². The third-order valence-corrected chi connectivity index (χ3v) is 4.37. The van der Waals surface area contributed by atoms with Crippen molar-refractivity contribution in [1.82, 2.24) is 5.32 Å². The number of hydrogen-bond acceptors (Lipinski definition) is 4. The van der Waals surface area contributed by atoms with Crippen LogP contribution in [0.5, 0.6) is 0 Å². The van der Waals surface area contributed by atoms with Gasteiger partial charge in [-0.2, -0.15) is 0 Å². The van der Waals surface area contributed by atoms with Crippen LogP contribution in [0.3, 0.4) is 0 Å². The Morgan fingerprint density at radius 1 is 1.43 bits per heavy atom. The van der Waals surface area contributed by atoms with Crippen molar-refractivity contribution in [3.63, 3.8) is 0 Å². The maximum atomic E-state index is 12.3. The second kappa shape index (κ2) is 6.46.